The summed E-state index contributed by atoms with van der Waals surface area (Å²) in [5, 5.41) is 17.5. The Kier molecular flexibility index (Phi) is 3.04. The van der Waals surface area contributed by atoms with Gasteiger partial charge in [-0.2, -0.15) is 10.5 Å². The summed E-state index contributed by atoms with van der Waals surface area (Å²) in [7, 11) is 1.49. The molecular formula is C10H9N3O. The van der Waals surface area contributed by atoms with Crippen molar-refractivity contribution in [3.8, 4) is 17.9 Å². The van der Waals surface area contributed by atoms with E-state index in [2.05, 4.69) is 4.98 Å². The highest BCUT2D eigenvalue weighted by Gasteiger charge is 2.12. The van der Waals surface area contributed by atoms with Gasteiger partial charge in [0.15, 0.2) is 5.75 Å². The average Bonchev–Trinajstić information content (AvgIpc) is 2.20. The number of aromatic nitrogens is 1. The molecule has 0 saturated carbocycles. The number of methoxy groups -OCH3 is 1. The lowest BCUT2D eigenvalue weighted by atomic mass is 10.1. The molecule has 1 heterocycles. The molecule has 14 heavy (non-hydrogen) atoms. The molecule has 0 fully saturated rings. The van der Waals surface area contributed by atoms with Crippen LogP contribution in [0.15, 0.2) is 6.20 Å². The summed E-state index contributed by atoms with van der Waals surface area (Å²) in [4.78, 5) is 4.05. The fourth-order valence-corrected chi connectivity index (χ4v) is 1.22. The summed E-state index contributed by atoms with van der Waals surface area (Å²) in [5.74, 6) is 0.459. The predicted octanol–water partition coefficient (Wildman–Crippen LogP) is 1.34. The van der Waals surface area contributed by atoms with Crippen LogP contribution in [0.3, 0.4) is 0 Å². The molecule has 0 spiro atoms. The van der Waals surface area contributed by atoms with Gasteiger partial charge < -0.3 is 4.74 Å². The maximum absolute atomic E-state index is 8.91. The second kappa shape index (κ2) is 4.25. The van der Waals surface area contributed by atoms with Crippen LogP contribution in [0.5, 0.6) is 5.75 Å². The lowest BCUT2D eigenvalue weighted by Gasteiger charge is -2.07. The fraction of sp³-hybridized carbons (Fsp3) is 0.300. The van der Waals surface area contributed by atoms with Gasteiger partial charge in [0, 0.05) is 11.8 Å². The molecule has 0 aliphatic rings. The first-order valence-electron chi connectivity index (χ1n) is 4.04. The average molecular weight is 187 g/mol. The molecule has 1 rings (SSSR count). The molecule has 0 aliphatic carbocycles. The van der Waals surface area contributed by atoms with Gasteiger partial charge in [0.2, 0.25) is 0 Å². The predicted molar refractivity (Wildman–Crippen MR) is 49.6 cm³/mol. The first kappa shape index (κ1) is 10.0. The highest BCUT2D eigenvalue weighted by Crippen LogP contribution is 2.23. The molecule has 4 heteroatoms. The van der Waals surface area contributed by atoms with Gasteiger partial charge in [-0.25, -0.2) is 0 Å². The highest BCUT2D eigenvalue weighted by atomic mass is 16.5. The minimum atomic E-state index is 0.173. The van der Waals surface area contributed by atoms with Gasteiger partial charge in [-0.15, -0.1) is 0 Å². The Hall–Kier alpha value is -2.07. The van der Waals surface area contributed by atoms with Crippen molar-refractivity contribution < 1.29 is 4.74 Å². The zero-order valence-electron chi connectivity index (χ0n) is 8.03. The largest absolute Gasteiger partial charge is 0.493 e. The van der Waals surface area contributed by atoms with Crippen molar-refractivity contribution in [3.63, 3.8) is 0 Å². The summed E-state index contributed by atoms with van der Waals surface area (Å²) in [6, 6.07) is 4.01. The third-order valence-electron chi connectivity index (χ3n) is 1.88. The molecule has 0 N–H and O–H groups in total. The zero-order chi connectivity index (χ0) is 10.6. The van der Waals surface area contributed by atoms with Gasteiger partial charge in [0.05, 0.1) is 25.3 Å². The van der Waals surface area contributed by atoms with E-state index >= 15 is 0 Å². The van der Waals surface area contributed by atoms with Crippen molar-refractivity contribution >= 4 is 0 Å². The van der Waals surface area contributed by atoms with Crippen LogP contribution in [0.25, 0.3) is 0 Å². The van der Waals surface area contributed by atoms with E-state index in [1.54, 1.807) is 13.1 Å². The monoisotopic (exact) mass is 187 g/mol. The standard InChI is InChI=1S/C10H9N3O/c1-7-10(14-2)9(5-12)8(3-4-11)6-13-7/h6H,3H2,1-2H3. The fourth-order valence-electron chi connectivity index (χ4n) is 1.22. The van der Waals surface area contributed by atoms with Crippen LogP contribution < -0.4 is 4.74 Å². The molecule has 1 aromatic heterocycles. The number of pyridine rings is 1. The van der Waals surface area contributed by atoms with Gasteiger partial charge in [0.1, 0.15) is 11.6 Å². The van der Waals surface area contributed by atoms with Crippen molar-refractivity contribution in [1.29, 1.82) is 10.5 Å². The lowest BCUT2D eigenvalue weighted by molar-refractivity contribution is 0.407. The molecule has 0 aromatic carbocycles. The van der Waals surface area contributed by atoms with Crippen molar-refractivity contribution in [2.24, 2.45) is 0 Å². The Bertz CT molecular complexity index is 426. The molecule has 4 nitrogen and oxygen atoms in total. The number of ether oxygens (including phenoxy) is 1. The molecule has 0 aliphatic heterocycles. The molecular weight excluding hydrogens is 178 g/mol. The Labute approximate surface area is 82.4 Å². The molecule has 70 valence electrons. The summed E-state index contributed by atoms with van der Waals surface area (Å²) < 4.78 is 5.06. The van der Waals surface area contributed by atoms with Gasteiger partial charge >= 0.3 is 0 Å². The first-order valence-corrected chi connectivity index (χ1v) is 4.04. The normalized spacial score (nSPS) is 8.86. The number of hydrogen-bond donors (Lipinski definition) is 0. The Morgan fingerprint density at radius 3 is 2.71 bits per heavy atom. The molecule has 0 radical (unpaired) electrons. The summed E-state index contributed by atoms with van der Waals surface area (Å²) in [5.41, 5.74) is 1.67. The molecule has 0 bridgehead atoms. The lowest BCUT2D eigenvalue weighted by Crippen LogP contribution is -1.99. The van der Waals surface area contributed by atoms with Crippen LogP contribution in [-0.2, 0) is 6.42 Å². The van der Waals surface area contributed by atoms with Crippen LogP contribution in [0, 0.1) is 29.6 Å². The van der Waals surface area contributed by atoms with Crippen molar-refractivity contribution in [2.45, 2.75) is 13.3 Å². The topological polar surface area (TPSA) is 69.7 Å². The molecule has 0 unspecified atom stereocenters. The van der Waals surface area contributed by atoms with E-state index in [0.29, 0.717) is 22.6 Å². The van der Waals surface area contributed by atoms with E-state index in [1.165, 1.54) is 7.11 Å². The van der Waals surface area contributed by atoms with E-state index in [0.717, 1.165) is 0 Å². The van der Waals surface area contributed by atoms with Gasteiger partial charge in [-0.3, -0.25) is 4.98 Å². The first-order chi connectivity index (χ1) is 6.74. The molecule has 0 amide bonds. The molecule has 0 atom stereocenters. The van der Waals surface area contributed by atoms with E-state index in [1.807, 2.05) is 12.1 Å². The zero-order valence-corrected chi connectivity index (χ0v) is 8.03. The Balaban J connectivity index is 3.36. The van der Waals surface area contributed by atoms with E-state index in [4.69, 9.17) is 15.3 Å². The van der Waals surface area contributed by atoms with Crippen LogP contribution in [0.2, 0.25) is 0 Å². The van der Waals surface area contributed by atoms with Crippen LogP contribution in [0.1, 0.15) is 16.8 Å². The van der Waals surface area contributed by atoms with Gasteiger partial charge in [-0.05, 0) is 6.92 Å². The highest BCUT2D eigenvalue weighted by molar-refractivity contribution is 5.50. The summed E-state index contributed by atoms with van der Waals surface area (Å²) in [6.07, 6.45) is 1.71. The van der Waals surface area contributed by atoms with Crippen molar-refractivity contribution in [2.75, 3.05) is 7.11 Å². The third kappa shape index (κ3) is 1.65. The van der Waals surface area contributed by atoms with Crippen LogP contribution in [0.4, 0.5) is 0 Å². The SMILES string of the molecule is COc1c(C)ncc(CC#N)c1C#N. The number of hydrogen-bond acceptors (Lipinski definition) is 4. The van der Waals surface area contributed by atoms with Gasteiger partial charge in [0.25, 0.3) is 0 Å². The summed E-state index contributed by atoms with van der Waals surface area (Å²) >= 11 is 0. The van der Waals surface area contributed by atoms with Crippen molar-refractivity contribution in [3.05, 3.63) is 23.0 Å². The quantitative estimate of drug-likeness (QED) is 0.700. The minimum Gasteiger partial charge on any atom is -0.493 e. The van der Waals surface area contributed by atoms with E-state index in [-0.39, 0.29) is 6.42 Å². The molecule has 0 saturated heterocycles. The third-order valence-corrected chi connectivity index (χ3v) is 1.88. The maximum Gasteiger partial charge on any atom is 0.158 e. The maximum atomic E-state index is 8.91. The minimum absolute atomic E-state index is 0.173. The number of rotatable bonds is 2. The van der Waals surface area contributed by atoms with E-state index < -0.39 is 0 Å². The number of aryl methyl sites for hydroxylation is 1. The van der Waals surface area contributed by atoms with Crippen LogP contribution >= 0.6 is 0 Å². The second-order valence-electron chi connectivity index (χ2n) is 2.72. The van der Waals surface area contributed by atoms with Gasteiger partial charge in [-0.1, -0.05) is 0 Å². The van der Waals surface area contributed by atoms with E-state index in [9.17, 15) is 0 Å². The Morgan fingerprint density at radius 2 is 2.21 bits per heavy atom. The number of nitriles is 2. The smallest absolute Gasteiger partial charge is 0.158 e. The second-order valence-corrected chi connectivity index (χ2v) is 2.72. The molecule has 1 aromatic rings. The number of nitrogens with zero attached hydrogens (tertiary/aromatic N) is 3. The van der Waals surface area contributed by atoms with Crippen molar-refractivity contribution in [1.82, 2.24) is 4.98 Å². The summed E-state index contributed by atoms with van der Waals surface area (Å²) in [6.45, 7) is 1.76. The van der Waals surface area contributed by atoms with Crippen LogP contribution in [-0.4, -0.2) is 12.1 Å². The Morgan fingerprint density at radius 1 is 1.50 bits per heavy atom.